The van der Waals surface area contributed by atoms with Crippen LogP contribution in [0, 0.1) is 5.92 Å². The summed E-state index contributed by atoms with van der Waals surface area (Å²) in [7, 11) is 0. The predicted octanol–water partition coefficient (Wildman–Crippen LogP) is 2.77. The van der Waals surface area contributed by atoms with Crippen LogP contribution in [0.5, 0.6) is 0 Å². The summed E-state index contributed by atoms with van der Waals surface area (Å²) in [5.74, 6) is 0.522. The van der Waals surface area contributed by atoms with Crippen LogP contribution in [0.4, 0.5) is 0 Å². The Balaban J connectivity index is 2.78. The van der Waals surface area contributed by atoms with Gasteiger partial charge in [-0.15, -0.1) is 0 Å². The average Bonchev–Trinajstić information content (AvgIpc) is 2.13. The van der Waals surface area contributed by atoms with Crippen LogP contribution in [0.1, 0.15) is 60.3 Å². The van der Waals surface area contributed by atoms with Gasteiger partial charge in [0.05, 0.1) is 0 Å². The highest BCUT2D eigenvalue weighted by Gasteiger charge is 2.46. The highest BCUT2D eigenvalue weighted by Crippen LogP contribution is 2.41. The van der Waals surface area contributed by atoms with Gasteiger partial charge >= 0.3 is 0 Å². The van der Waals surface area contributed by atoms with Crippen molar-refractivity contribution >= 4 is 0 Å². The van der Waals surface area contributed by atoms with E-state index in [0.717, 1.165) is 25.7 Å². The monoisotopic (exact) mass is 228 g/mol. The lowest BCUT2D eigenvalue weighted by Gasteiger charge is -2.52. The third-order valence-electron chi connectivity index (χ3n) is 3.90. The van der Waals surface area contributed by atoms with Crippen molar-refractivity contribution in [2.24, 2.45) is 11.7 Å². The van der Waals surface area contributed by atoms with E-state index in [2.05, 4.69) is 34.6 Å². The van der Waals surface area contributed by atoms with Gasteiger partial charge in [-0.1, -0.05) is 13.3 Å². The molecule has 16 heavy (non-hydrogen) atoms. The fourth-order valence-corrected chi connectivity index (χ4v) is 3.22. The molecule has 0 spiro atoms. The van der Waals surface area contributed by atoms with Gasteiger partial charge in [0, 0.05) is 17.1 Å². The van der Waals surface area contributed by atoms with Crippen LogP contribution in [-0.2, 0) is 0 Å². The number of nitrogens with zero attached hydrogens (tertiary/aromatic N) is 1. The second-order valence-corrected chi connectivity index (χ2v) is 6.56. The summed E-state index contributed by atoms with van der Waals surface area (Å²) in [5, 5.41) is 11.7. The first kappa shape index (κ1) is 13.9. The SMILES string of the molecule is CCCC(N)C1CC(C)(C)N(O)C(C)(C)C1. The van der Waals surface area contributed by atoms with E-state index < -0.39 is 0 Å². The molecule has 3 N–H and O–H groups in total. The van der Waals surface area contributed by atoms with E-state index in [1.54, 1.807) is 0 Å². The molecule has 0 saturated carbocycles. The lowest BCUT2D eigenvalue weighted by molar-refractivity contribution is -0.252. The predicted molar refractivity (Wildman–Crippen MR) is 67.4 cm³/mol. The molecule has 3 heteroatoms. The molecule has 1 aliphatic heterocycles. The Kier molecular flexibility index (Phi) is 4.04. The number of piperidine rings is 1. The molecule has 0 radical (unpaired) electrons. The first-order valence-electron chi connectivity index (χ1n) is 6.45. The van der Waals surface area contributed by atoms with Gasteiger partial charge in [-0.25, -0.2) is 0 Å². The minimum absolute atomic E-state index is 0.169. The molecule has 1 rings (SSSR count). The van der Waals surface area contributed by atoms with Crippen molar-refractivity contribution in [1.29, 1.82) is 0 Å². The van der Waals surface area contributed by atoms with Crippen LogP contribution in [-0.4, -0.2) is 27.4 Å². The molecule has 3 nitrogen and oxygen atoms in total. The van der Waals surface area contributed by atoms with Crippen molar-refractivity contribution in [1.82, 2.24) is 5.06 Å². The first-order valence-corrected chi connectivity index (χ1v) is 6.45. The summed E-state index contributed by atoms with van der Waals surface area (Å²) in [4.78, 5) is 0. The maximum atomic E-state index is 10.2. The fourth-order valence-electron chi connectivity index (χ4n) is 3.22. The number of nitrogens with two attached hydrogens (primary N) is 1. The van der Waals surface area contributed by atoms with E-state index in [0.29, 0.717) is 5.92 Å². The Morgan fingerprint density at radius 1 is 1.25 bits per heavy atom. The van der Waals surface area contributed by atoms with Gasteiger partial charge in [-0.2, -0.15) is 5.06 Å². The molecule has 1 aliphatic rings. The quantitative estimate of drug-likeness (QED) is 0.781. The van der Waals surface area contributed by atoms with Gasteiger partial charge in [0.15, 0.2) is 0 Å². The van der Waals surface area contributed by atoms with Crippen molar-refractivity contribution in [2.45, 2.75) is 77.4 Å². The van der Waals surface area contributed by atoms with Crippen LogP contribution >= 0.6 is 0 Å². The molecule has 1 atom stereocenters. The number of hydrogen-bond acceptors (Lipinski definition) is 3. The van der Waals surface area contributed by atoms with Crippen molar-refractivity contribution in [2.75, 3.05) is 0 Å². The minimum atomic E-state index is -0.169. The highest BCUT2D eigenvalue weighted by atomic mass is 16.5. The van der Waals surface area contributed by atoms with Gasteiger partial charge in [-0.05, 0) is 52.9 Å². The van der Waals surface area contributed by atoms with Gasteiger partial charge in [0.2, 0.25) is 0 Å². The van der Waals surface area contributed by atoms with Crippen molar-refractivity contribution < 1.29 is 5.21 Å². The van der Waals surface area contributed by atoms with Gasteiger partial charge in [-0.3, -0.25) is 0 Å². The smallest absolute Gasteiger partial charge is 0.0413 e. The van der Waals surface area contributed by atoms with Crippen molar-refractivity contribution in [3.63, 3.8) is 0 Å². The molecule has 1 heterocycles. The topological polar surface area (TPSA) is 49.5 Å². The van der Waals surface area contributed by atoms with Crippen LogP contribution in [0.2, 0.25) is 0 Å². The zero-order valence-corrected chi connectivity index (χ0v) is 11.5. The van der Waals surface area contributed by atoms with Gasteiger partial charge in [0.1, 0.15) is 0 Å². The average molecular weight is 228 g/mol. The molecule has 0 aromatic carbocycles. The molecule has 1 saturated heterocycles. The molecule has 0 aliphatic carbocycles. The summed E-state index contributed by atoms with van der Waals surface area (Å²) in [5.41, 5.74) is 5.91. The maximum Gasteiger partial charge on any atom is 0.0413 e. The third-order valence-corrected chi connectivity index (χ3v) is 3.90. The van der Waals surface area contributed by atoms with E-state index in [1.807, 2.05) is 0 Å². The molecule has 1 unspecified atom stereocenters. The normalized spacial score (nSPS) is 27.9. The second kappa shape index (κ2) is 4.63. The van der Waals surface area contributed by atoms with Crippen LogP contribution in [0.15, 0.2) is 0 Å². The minimum Gasteiger partial charge on any atom is -0.327 e. The van der Waals surface area contributed by atoms with Crippen LogP contribution < -0.4 is 5.73 Å². The van der Waals surface area contributed by atoms with Gasteiger partial charge in [0.25, 0.3) is 0 Å². The Labute approximate surface area is 100.0 Å². The molecule has 1 fully saturated rings. The van der Waals surface area contributed by atoms with Crippen molar-refractivity contribution in [3.8, 4) is 0 Å². The molecule has 0 aromatic heterocycles. The number of rotatable bonds is 3. The zero-order chi connectivity index (χ0) is 12.6. The summed E-state index contributed by atoms with van der Waals surface area (Å²) in [6, 6.07) is 0.275. The second-order valence-electron chi connectivity index (χ2n) is 6.56. The largest absolute Gasteiger partial charge is 0.327 e. The molecule has 0 bridgehead atoms. The van der Waals surface area contributed by atoms with E-state index in [1.165, 1.54) is 5.06 Å². The highest BCUT2D eigenvalue weighted by molar-refractivity contribution is 4.98. The molecule has 96 valence electrons. The maximum absolute atomic E-state index is 10.2. The van der Waals surface area contributed by atoms with E-state index in [4.69, 9.17) is 5.73 Å². The molecule has 0 aromatic rings. The van der Waals surface area contributed by atoms with Crippen molar-refractivity contribution in [3.05, 3.63) is 0 Å². The summed E-state index contributed by atoms with van der Waals surface area (Å²) >= 11 is 0. The Morgan fingerprint density at radius 2 is 1.69 bits per heavy atom. The lowest BCUT2D eigenvalue weighted by atomic mass is 9.72. The molecular weight excluding hydrogens is 200 g/mol. The number of hydroxylamine groups is 2. The van der Waals surface area contributed by atoms with E-state index in [-0.39, 0.29) is 17.1 Å². The van der Waals surface area contributed by atoms with Gasteiger partial charge < -0.3 is 10.9 Å². The van der Waals surface area contributed by atoms with Crippen LogP contribution in [0.25, 0.3) is 0 Å². The zero-order valence-electron chi connectivity index (χ0n) is 11.5. The first-order chi connectivity index (χ1) is 7.20. The molecule has 0 amide bonds. The fraction of sp³-hybridized carbons (Fsp3) is 1.00. The Bertz CT molecular complexity index is 220. The summed E-state index contributed by atoms with van der Waals surface area (Å²) in [6.07, 6.45) is 4.19. The summed E-state index contributed by atoms with van der Waals surface area (Å²) in [6.45, 7) is 10.6. The number of hydrogen-bond donors (Lipinski definition) is 2. The third kappa shape index (κ3) is 2.76. The van der Waals surface area contributed by atoms with E-state index in [9.17, 15) is 5.21 Å². The van der Waals surface area contributed by atoms with E-state index >= 15 is 0 Å². The molecular formula is C13H28N2O. The lowest BCUT2D eigenvalue weighted by Crippen LogP contribution is -2.60. The Morgan fingerprint density at radius 3 is 2.06 bits per heavy atom. The standard InChI is InChI=1S/C13H28N2O/c1-6-7-11(14)10-8-12(2,3)15(16)13(4,5)9-10/h10-11,16H,6-9,14H2,1-5H3. The summed E-state index contributed by atoms with van der Waals surface area (Å²) < 4.78 is 0. The Hall–Kier alpha value is -0.120. The van der Waals surface area contributed by atoms with Crippen LogP contribution in [0.3, 0.4) is 0 Å².